The van der Waals surface area contributed by atoms with Crippen LogP contribution < -0.4 is 10.5 Å². The van der Waals surface area contributed by atoms with E-state index in [1.807, 2.05) is 0 Å². The lowest BCUT2D eigenvalue weighted by Gasteiger charge is -2.19. The van der Waals surface area contributed by atoms with E-state index in [1.54, 1.807) is 0 Å². The van der Waals surface area contributed by atoms with Crippen LogP contribution in [0.3, 0.4) is 0 Å². The first kappa shape index (κ1) is 20.7. The zero-order valence-electron chi connectivity index (χ0n) is 12.4. The Hall–Kier alpha value is -1.38. The van der Waals surface area contributed by atoms with Crippen molar-refractivity contribution in [2.75, 3.05) is 13.0 Å². The van der Waals surface area contributed by atoms with Gasteiger partial charge in [0, 0.05) is 10.7 Å². The lowest BCUT2D eigenvalue weighted by atomic mass is 10.2. The number of carboxylic acid groups (broad SMARTS) is 1. The fourth-order valence-corrected chi connectivity index (χ4v) is 3.35. The summed E-state index contributed by atoms with van der Waals surface area (Å²) in [6.07, 6.45) is -0.699. The van der Waals surface area contributed by atoms with Gasteiger partial charge in [0.25, 0.3) is 0 Å². The average molecular weight is 382 g/mol. The number of ether oxygens (including phenoxy) is 1. The molecule has 1 aromatic carbocycles. The minimum atomic E-state index is -4.07. The molecule has 6 N–H and O–H groups in total. The van der Waals surface area contributed by atoms with E-state index in [-0.39, 0.29) is 17.7 Å². The van der Waals surface area contributed by atoms with Gasteiger partial charge in [-0.1, -0.05) is 16.7 Å². The summed E-state index contributed by atoms with van der Waals surface area (Å²) < 4.78 is 31.7. The number of aliphatic hydroxyl groups is 1. The molecule has 0 fully saturated rings. The first-order chi connectivity index (χ1) is 11.1. The van der Waals surface area contributed by atoms with Gasteiger partial charge in [0.1, 0.15) is 11.8 Å². The van der Waals surface area contributed by atoms with Crippen LogP contribution in [0.5, 0.6) is 5.75 Å². The molecule has 0 aliphatic carbocycles. The van der Waals surface area contributed by atoms with Gasteiger partial charge in [-0.2, -0.15) is 0 Å². The van der Waals surface area contributed by atoms with E-state index in [0.29, 0.717) is 0 Å². The molecule has 0 saturated heterocycles. The Balaban J connectivity index is 2.65. The van der Waals surface area contributed by atoms with Gasteiger partial charge in [-0.05, 0) is 24.1 Å². The molecule has 4 atom stereocenters. The van der Waals surface area contributed by atoms with Crippen LogP contribution in [0.1, 0.15) is 17.8 Å². The van der Waals surface area contributed by atoms with Crippen LogP contribution in [0.2, 0.25) is 0 Å². The van der Waals surface area contributed by atoms with Crippen molar-refractivity contribution in [1.82, 2.24) is 0 Å². The van der Waals surface area contributed by atoms with Crippen LogP contribution in [-0.2, 0) is 18.4 Å². The Kier molecular flexibility index (Phi) is 7.92. The molecule has 0 aliphatic rings. The highest BCUT2D eigenvalue weighted by Gasteiger charge is 2.31. The standard InChI is InChI=1S/C12H17NO9P2/c13-10(11(14)15)5-6-24(19,20)12(16)8-1-3-9(4-2-8)21-7-22-23(17)18/h1-4,10,12,16H,5-7,13H2,(H2-,14,15,17,18,19,20)/p+1/t10-,12?/m0/s1. The molecule has 0 aromatic heterocycles. The van der Waals surface area contributed by atoms with E-state index in [4.69, 9.17) is 20.5 Å². The molecule has 0 bridgehead atoms. The van der Waals surface area contributed by atoms with Crippen LogP contribution in [0, 0.1) is 0 Å². The number of hydrogen-bond acceptors (Lipinski definition) is 7. The predicted octanol–water partition coefficient (Wildman–Crippen LogP) is 0.752. The van der Waals surface area contributed by atoms with E-state index in [2.05, 4.69) is 4.52 Å². The van der Waals surface area contributed by atoms with Crippen LogP contribution >= 0.6 is 15.6 Å². The number of benzene rings is 1. The lowest BCUT2D eigenvalue weighted by Crippen LogP contribution is -2.31. The van der Waals surface area contributed by atoms with Gasteiger partial charge in [0.15, 0.2) is 5.85 Å². The predicted molar refractivity (Wildman–Crippen MR) is 82.7 cm³/mol. The van der Waals surface area contributed by atoms with Gasteiger partial charge in [0.2, 0.25) is 14.2 Å². The minimum Gasteiger partial charge on any atom is -0.480 e. The van der Waals surface area contributed by atoms with E-state index in [1.165, 1.54) is 24.3 Å². The summed E-state index contributed by atoms with van der Waals surface area (Å²) in [6, 6.07) is 4.12. The van der Waals surface area contributed by atoms with Crippen molar-refractivity contribution < 1.29 is 43.2 Å². The maximum absolute atomic E-state index is 12.1. The molecular formula is C12H18NO9P2+. The van der Waals surface area contributed by atoms with Crippen molar-refractivity contribution in [3.63, 3.8) is 0 Å². The Labute approximate surface area is 138 Å². The number of carbonyl (C=O) groups is 1. The highest BCUT2D eigenvalue weighted by Crippen LogP contribution is 2.54. The third-order valence-corrected chi connectivity index (χ3v) is 5.31. The fourth-order valence-electron chi connectivity index (χ4n) is 1.68. The quantitative estimate of drug-likeness (QED) is 0.287. The molecule has 0 aliphatic heterocycles. The van der Waals surface area contributed by atoms with Crippen LogP contribution in [-0.4, -0.2) is 45.0 Å². The van der Waals surface area contributed by atoms with E-state index >= 15 is 0 Å². The van der Waals surface area contributed by atoms with Gasteiger partial charge in [-0.15, -0.1) is 4.89 Å². The van der Waals surface area contributed by atoms with Crippen molar-refractivity contribution in [3.05, 3.63) is 29.8 Å². The summed E-state index contributed by atoms with van der Waals surface area (Å²) in [5, 5.41) is 18.7. The number of aliphatic hydroxyl groups excluding tert-OH is 1. The van der Waals surface area contributed by atoms with E-state index < -0.39 is 46.4 Å². The Morgan fingerprint density at radius 1 is 1.33 bits per heavy atom. The highest BCUT2D eigenvalue weighted by atomic mass is 31.2. The van der Waals surface area contributed by atoms with Crippen molar-refractivity contribution in [1.29, 1.82) is 0 Å². The molecule has 0 amide bonds. The first-order valence-corrected chi connectivity index (χ1v) is 9.67. The third kappa shape index (κ3) is 6.62. The Morgan fingerprint density at radius 2 is 1.92 bits per heavy atom. The second-order valence-corrected chi connectivity index (χ2v) is 7.97. The maximum atomic E-state index is 12.1. The molecule has 0 heterocycles. The SMILES string of the molecule is N[C@@H](CCP(=O)(O)C(O)c1ccc(OCO[P+](=O)O)cc1)C(=O)O. The summed E-state index contributed by atoms with van der Waals surface area (Å²) >= 11 is 0. The normalized spacial score (nSPS) is 16.8. The molecule has 0 saturated carbocycles. The first-order valence-electron chi connectivity index (χ1n) is 6.63. The van der Waals surface area contributed by atoms with Gasteiger partial charge < -0.3 is 25.6 Å². The number of hydrogen-bond donors (Lipinski definition) is 5. The maximum Gasteiger partial charge on any atom is 0.698 e. The summed E-state index contributed by atoms with van der Waals surface area (Å²) in [7, 11) is -6.85. The molecular weight excluding hydrogens is 364 g/mol. The molecule has 134 valence electrons. The zero-order chi connectivity index (χ0) is 18.3. The number of nitrogens with two attached hydrogens (primary N) is 1. The molecule has 3 unspecified atom stereocenters. The van der Waals surface area contributed by atoms with Crippen LogP contribution in [0.15, 0.2) is 24.3 Å². The molecule has 12 heteroatoms. The van der Waals surface area contributed by atoms with Crippen LogP contribution in [0.4, 0.5) is 0 Å². The van der Waals surface area contributed by atoms with E-state index in [0.717, 1.165) is 0 Å². The van der Waals surface area contributed by atoms with Crippen molar-refractivity contribution >= 4 is 21.6 Å². The number of aliphatic carboxylic acids is 1. The minimum absolute atomic E-state index is 0.131. The van der Waals surface area contributed by atoms with Gasteiger partial charge >= 0.3 is 14.2 Å². The highest BCUT2D eigenvalue weighted by molar-refractivity contribution is 7.58. The molecule has 24 heavy (non-hydrogen) atoms. The van der Waals surface area contributed by atoms with Crippen LogP contribution in [0.25, 0.3) is 0 Å². The summed E-state index contributed by atoms with van der Waals surface area (Å²) in [5.41, 5.74) is 5.40. The van der Waals surface area contributed by atoms with Crippen molar-refractivity contribution in [3.8, 4) is 5.75 Å². The third-order valence-electron chi connectivity index (χ3n) is 3.03. The fraction of sp³-hybridized carbons (Fsp3) is 0.417. The molecule has 1 aromatic rings. The second kappa shape index (κ2) is 9.19. The lowest BCUT2D eigenvalue weighted by molar-refractivity contribution is -0.138. The van der Waals surface area contributed by atoms with Gasteiger partial charge in [0.05, 0.1) is 0 Å². The van der Waals surface area contributed by atoms with Crippen molar-refractivity contribution in [2.45, 2.75) is 18.3 Å². The van der Waals surface area contributed by atoms with Gasteiger partial charge in [-0.25, -0.2) is 0 Å². The molecule has 0 spiro atoms. The average Bonchev–Trinajstić information content (AvgIpc) is 2.52. The number of rotatable bonds is 10. The largest absolute Gasteiger partial charge is 0.698 e. The van der Waals surface area contributed by atoms with Gasteiger partial charge in [-0.3, -0.25) is 9.36 Å². The summed E-state index contributed by atoms with van der Waals surface area (Å²) in [5.74, 6) is -2.74. The topological polar surface area (TPSA) is 177 Å². The molecule has 10 nitrogen and oxygen atoms in total. The zero-order valence-corrected chi connectivity index (χ0v) is 14.2. The second-order valence-electron chi connectivity index (χ2n) is 4.78. The molecule has 1 rings (SSSR count). The number of carboxylic acids is 1. The summed E-state index contributed by atoms with van der Waals surface area (Å²) in [6.45, 7) is -0.459. The summed E-state index contributed by atoms with van der Waals surface area (Å²) in [4.78, 5) is 28.9. The van der Waals surface area contributed by atoms with E-state index in [9.17, 15) is 23.9 Å². The van der Waals surface area contributed by atoms with Crippen molar-refractivity contribution in [2.24, 2.45) is 5.73 Å². The Bertz CT molecular complexity index is 621. The Morgan fingerprint density at radius 3 is 2.42 bits per heavy atom. The molecule has 0 radical (unpaired) electrons. The smallest absolute Gasteiger partial charge is 0.480 e. The monoisotopic (exact) mass is 382 g/mol.